The number of imide groups is 1. The van der Waals surface area contributed by atoms with Gasteiger partial charge in [-0.2, -0.15) is 0 Å². The van der Waals surface area contributed by atoms with Crippen molar-refractivity contribution in [1.29, 1.82) is 0 Å². The maximum Gasteiger partial charge on any atom is 0.321 e. The summed E-state index contributed by atoms with van der Waals surface area (Å²) in [6.45, 7) is 2.51. The first-order valence-corrected chi connectivity index (χ1v) is 8.22. The molecule has 0 aliphatic rings. The lowest BCUT2D eigenvalue weighted by atomic mass is 10.0. The van der Waals surface area contributed by atoms with E-state index >= 15 is 0 Å². The van der Waals surface area contributed by atoms with E-state index in [1.165, 1.54) is 6.07 Å². The van der Waals surface area contributed by atoms with E-state index < -0.39 is 18.0 Å². The second-order valence-corrected chi connectivity index (χ2v) is 5.81. The fraction of sp³-hybridized carbons (Fsp3) is 0.263. The average Bonchev–Trinajstić information content (AvgIpc) is 2.58. The Hall–Kier alpha value is -2.73. The Morgan fingerprint density at radius 3 is 2.36 bits per heavy atom. The van der Waals surface area contributed by atoms with Crippen LogP contribution in [0.5, 0.6) is 0 Å². The van der Waals surface area contributed by atoms with E-state index in [1.54, 1.807) is 32.2 Å². The van der Waals surface area contributed by atoms with Gasteiger partial charge in [0.25, 0.3) is 5.91 Å². The largest absolute Gasteiger partial charge is 0.338 e. The normalized spacial score (nSPS) is 12.9. The van der Waals surface area contributed by atoms with E-state index in [9.17, 15) is 14.0 Å². The predicted octanol–water partition coefficient (Wildman–Crippen LogP) is 1.43. The first kappa shape index (κ1) is 18.6. The van der Waals surface area contributed by atoms with Gasteiger partial charge in [-0.1, -0.05) is 48.5 Å². The SMILES string of the molecule is CCNC(=O)NC(=O)[C@H](c1ccccc1)[NH+](C)Cc1ccccc1F. The summed E-state index contributed by atoms with van der Waals surface area (Å²) in [5, 5.41) is 4.90. The van der Waals surface area contributed by atoms with Crippen LogP contribution < -0.4 is 15.5 Å². The number of carbonyl (C=O) groups excluding carboxylic acids is 2. The third kappa shape index (κ3) is 5.12. The van der Waals surface area contributed by atoms with Crippen molar-refractivity contribution in [2.75, 3.05) is 13.6 Å². The van der Waals surface area contributed by atoms with Gasteiger partial charge in [-0.3, -0.25) is 10.1 Å². The molecule has 0 aliphatic carbocycles. The standard InChI is InChI=1S/C19H22FN3O2/c1-3-21-19(25)22-18(24)17(14-9-5-4-6-10-14)23(2)13-15-11-7-8-12-16(15)20/h4-12,17H,3,13H2,1-2H3,(H2,21,22,24,25)/p+1/t17-/m0/s1. The van der Waals surface area contributed by atoms with E-state index in [0.717, 1.165) is 10.5 Å². The van der Waals surface area contributed by atoms with Crippen molar-refractivity contribution in [1.82, 2.24) is 10.6 Å². The number of urea groups is 1. The number of nitrogens with one attached hydrogen (secondary N) is 3. The number of halogens is 1. The minimum Gasteiger partial charge on any atom is -0.338 e. The summed E-state index contributed by atoms with van der Waals surface area (Å²) in [5.41, 5.74) is 1.28. The molecule has 0 aromatic heterocycles. The van der Waals surface area contributed by atoms with Crippen molar-refractivity contribution in [3.8, 4) is 0 Å². The summed E-state index contributed by atoms with van der Waals surface area (Å²) < 4.78 is 13.9. The van der Waals surface area contributed by atoms with Crippen LogP contribution in [0.25, 0.3) is 0 Å². The molecule has 0 spiro atoms. The summed E-state index contributed by atoms with van der Waals surface area (Å²) in [5.74, 6) is -0.733. The molecule has 5 nitrogen and oxygen atoms in total. The molecule has 25 heavy (non-hydrogen) atoms. The fourth-order valence-corrected chi connectivity index (χ4v) is 2.74. The van der Waals surface area contributed by atoms with E-state index in [-0.39, 0.29) is 5.82 Å². The van der Waals surface area contributed by atoms with Gasteiger partial charge in [0.05, 0.1) is 7.05 Å². The summed E-state index contributed by atoms with van der Waals surface area (Å²) in [4.78, 5) is 25.1. The van der Waals surface area contributed by atoms with Gasteiger partial charge in [0.1, 0.15) is 12.4 Å². The summed E-state index contributed by atoms with van der Waals surface area (Å²) in [6, 6.07) is 14.5. The molecule has 1 unspecified atom stereocenters. The summed E-state index contributed by atoms with van der Waals surface area (Å²) in [6.07, 6.45) is 0. The van der Waals surface area contributed by atoms with Crippen LogP contribution in [-0.4, -0.2) is 25.5 Å². The van der Waals surface area contributed by atoms with Crippen LogP contribution in [-0.2, 0) is 11.3 Å². The highest BCUT2D eigenvalue weighted by Crippen LogP contribution is 2.11. The van der Waals surface area contributed by atoms with Crippen LogP contribution in [0, 0.1) is 5.82 Å². The first-order chi connectivity index (χ1) is 12.0. The van der Waals surface area contributed by atoms with Crippen molar-refractivity contribution < 1.29 is 18.9 Å². The number of quaternary nitrogens is 1. The fourth-order valence-electron chi connectivity index (χ4n) is 2.74. The van der Waals surface area contributed by atoms with Crippen LogP contribution in [0.1, 0.15) is 24.1 Å². The Labute approximate surface area is 146 Å². The Morgan fingerprint density at radius 2 is 1.72 bits per heavy atom. The number of likely N-dealkylation sites (N-methyl/N-ethyl adjacent to an activating group) is 1. The number of hydrogen-bond acceptors (Lipinski definition) is 2. The first-order valence-electron chi connectivity index (χ1n) is 8.22. The van der Waals surface area contributed by atoms with Crippen molar-refractivity contribution in [3.63, 3.8) is 0 Å². The molecule has 2 atom stereocenters. The zero-order valence-electron chi connectivity index (χ0n) is 14.4. The van der Waals surface area contributed by atoms with Gasteiger partial charge in [0.15, 0.2) is 6.04 Å². The van der Waals surface area contributed by atoms with Gasteiger partial charge >= 0.3 is 6.03 Å². The van der Waals surface area contributed by atoms with Crippen molar-refractivity contribution >= 4 is 11.9 Å². The van der Waals surface area contributed by atoms with E-state index in [4.69, 9.17) is 0 Å². The number of carbonyl (C=O) groups is 2. The van der Waals surface area contributed by atoms with Gasteiger partial charge in [-0.05, 0) is 13.0 Å². The predicted molar refractivity (Wildman–Crippen MR) is 93.4 cm³/mol. The molecule has 3 N–H and O–H groups in total. The molecular weight excluding hydrogens is 321 g/mol. The smallest absolute Gasteiger partial charge is 0.321 e. The summed E-state index contributed by atoms with van der Waals surface area (Å²) >= 11 is 0. The van der Waals surface area contributed by atoms with E-state index in [0.29, 0.717) is 18.7 Å². The summed E-state index contributed by atoms with van der Waals surface area (Å²) in [7, 11) is 1.81. The number of amides is 3. The Morgan fingerprint density at radius 1 is 1.08 bits per heavy atom. The van der Waals surface area contributed by atoms with Gasteiger partial charge in [-0.25, -0.2) is 9.18 Å². The van der Waals surface area contributed by atoms with Crippen molar-refractivity contribution in [3.05, 3.63) is 71.5 Å². The van der Waals surface area contributed by atoms with Gasteiger partial charge < -0.3 is 10.2 Å². The average molecular weight is 344 g/mol. The number of rotatable bonds is 6. The van der Waals surface area contributed by atoms with Gasteiger partial charge in [0.2, 0.25) is 0 Å². The molecular formula is C19H23FN3O2+. The molecule has 6 heteroatoms. The second-order valence-electron chi connectivity index (χ2n) is 5.81. The van der Waals surface area contributed by atoms with Crippen molar-refractivity contribution in [2.24, 2.45) is 0 Å². The Kier molecular flexibility index (Phi) is 6.65. The maximum absolute atomic E-state index is 13.9. The highest BCUT2D eigenvalue weighted by molar-refractivity contribution is 5.96. The highest BCUT2D eigenvalue weighted by Gasteiger charge is 2.30. The minimum atomic E-state index is -0.636. The number of benzene rings is 2. The highest BCUT2D eigenvalue weighted by atomic mass is 19.1. The topological polar surface area (TPSA) is 62.6 Å². The lowest BCUT2D eigenvalue weighted by Gasteiger charge is -2.24. The molecule has 132 valence electrons. The zero-order chi connectivity index (χ0) is 18.2. The molecule has 2 aromatic carbocycles. The third-order valence-electron chi connectivity index (χ3n) is 3.89. The zero-order valence-corrected chi connectivity index (χ0v) is 14.4. The molecule has 3 amide bonds. The molecule has 0 radical (unpaired) electrons. The van der Waals surface area contributed by atoms with Crippen LogP contribution >= 0.6 is 0 Å². The quantitative estimate of drug-likeness (QED) is 0.742. The Bertz CT molecular complexity index is 722. The van der Waals surface area contributed by atoms with E-state index in [1.807, 2.05) is 30.3 Å². The lowest BCUT2D eigenvalue weighted by molar-refractivity contribution is -0.916. The van der Waals surface area contributed by atoms with Gasteiger partial charge in [0, 0.05) is 17.7 Å². The minimum absolute atomic E-state index is 0.308. The van der Waals surface area contributed by atoms with Crippen LogP contribution in [0.2, 0.25) is 0 Å². The Balaban J connectivity index is 2.23. The molecule has 0 fully saturated rings. The lowest BCUT2D eigenvalue weighted by Crippen LogP contribution is -3.09. The second kappa shape index (κ2) is 8.94. The molecule has 2 rings (SSSR count). The van der Waals surface area contributed by atoms with Gasteiger partial charge in [-0.15, -0.1) is 0 Å². The van der Waals surface area contributed by atoms with Crippen LogP contribution in [0.4, 0.5) is 9.18 Å². The molecule has 2 aromatic rings. The van der Waals surface area contributed by atoms with Crippen LogP contribution in [0.15, 0.2) is 54.6 Å². The monoisotopic (exact) mass is 344 g/mol. The number of hydrogen-bond donors (Lipinski definition) is 3. The molecule has 0 bridgehead atoms. The van der Waals surface area contributed by atoms with Crippen LogP contribution in [0.3, 0.4) is 0 Å². The van der Waals surface area contributed by atoms with E-state index in [2.05, 4.69) is 10.6 Å². The van der Waals surface area contributed by atoms with Crippen molar-refractivity contribution in [2.45, 2.75) is 19.5 Å². The molecule has 0 saturated heterocycles. The molecule has 0 aliphatic heterocycles. The molecule has 0 heterocycles. The third-order valence-corrected chi connectivity index (χ3v) is 3.89. The maximum atomic E-state index is 13.9. The molecule has 0 saturated carbocycles.